The first kappa shape index (κ1) is 26.9. The summed E-state index contributed by atoms with van der Waals surface area (Å²) in [6.07, 6.45) is 21.2. The van der Waals surface area contributed by atoms with E-state index in [-0.39, 0.29) is 6.54 Å². The Morgan fingerprint density at radius 2 is 1.19 bits per heavy atom. The molecule has 0 amide bonds. The van der Waals surface area contributed by atoms with E-state index in [0.717, 1.165) is 12.8 Å². The molecule has 0 unspecified atom stereocenters. The summed E-state index contributed by atoms with van der Waals surface area (Å²) >= 11 is 0. The summed E-state index contributed by atoms with van der Waals surface area (Å²) in [5.74, 6) is -1.49. The van der Waals surface area contributed by atoms with E-state index in [1.165, 1.54) is 70.6 Å². The third-order valence-electron chi connectivity index (χ3n) is 3.98. The fraction of sp³-hybridized carbons (Fsp3) is 0.810. The molecule has 0 aliphatic carbocycles. The molecule has 0 rings (SSSR count). The van der Waals surface area contributed by atoms with Crippen molar-refractivity contribution in [3.05, 3.63) is 12.2 Å². The molecule has 5 heteroatoms. The van der Waals surface area contributed by atoms with E-state index >= 15 is 0 Å². The molecule has 0 saturated heterocycles. The second-order valence-corrected chi connectivity index (χ2v) is 6.65. The third-order valence-corrected chi connectivity index (χ3v) is 3.98. The Hall–Kier alpha value is -1.36. The van der Waals surface area contributed by atoms with E-state index in [9.17, 15) is 9.59 Å². The van der Waals surface area contributed by atoms with Crippen LogP contribution >= 0.6 is 0 Å². The van der Waals surface area contributed by atoms with Crippen molar-refractivity contribution >= 4 is 11.9 Å². The van der Waals surface area contributed by atoms with Gasteiger partial charge in [0.2, 0.25) is 0 Å². The summed E-state index contributed by atoms with van der Waals surface area (Å²) in [6, 6.07) is 0. The number of unbranched alkanes of at least 4 members (excludes halogenated alkanes) is 11. The standard InChI is InChI=1S/C18H34O2.C3H7NO2/c1-2-3-4-5-6-7-8-9-10-11-12-13-14-15-16-17-18(19)20;1-4-2-3(5)6/h9-10H,2-8,11-17H2,1H3,(H,19,20);4H,2H2,1H3,(H,5,6). The van der Waals surface area contributed by atoms with Crippen molar-refractivity contribution in [3.63, 3.8) is 0 Å². The van der Waals surface area contributed by atoms with Crippen LogP contribution < -0.4 is 5.32 Å². The van der Waals surface area contributed by atoms with Crippen LogP contribution in [-0.4, -0.2) is 35.7 Å². The lowest BCUT2D eigenvalue weighted by molar-refractivity contribution is -0.137. The highest BCUT2D eigenvalue weighted by atomic mass is 16.4. The quantitative estimate of drug-likeness (QED) is 0.235. The molecule has 0 radical (unpaired) electrons. The number of aliphatic carboxylic acids is 2. The second-order valence-electron chi connectivity index (χ2n) is 6.65. The molecular formula is C21H41NO4. The number of nitrogens with one attached hydrogen (secondary N) is 1. The minimum atomic E-state index is -0.822. The number of likely N-dealkylation sites (N-methyl/N-ethyl adjacent to an activating group) is 1. The van der Waals surface area contributed by atoms with Crippen LogP contribution in [-0.2, 0) is 9.59 Å². The van der Waals surface area contributed by atoms with Gasteiger partial charge >= 0.3 is 11.9 Å². The summed E-state index contributed by atoms with van der Waals surface area (Å²) in [6.45, 7) is 2.30. The zero-order valence-electron chi connectivity index (χ0n) is 17.0. The molecular weight excluding hydrogens is 330 g/mol. The largest absolute Gasteiger partial charge is 0.481 e. The highest BCUT2D eigenvalue weighted by Crippen LogP contribution is 2.09. The molecule has 0 aliphatic rings. The Balaban J connectivity index is 0. The Labute approximate surface area is 160 Å². The number of hydrogen-bond acceptors (Lipinski definition) is 3. The molecule has 0 aromatic carbocycles. The SMILES string of the molecule is CCCCCCCCC=CCCCCCCCC(=O)O.CNCC(=O)O. The van der Waals surface area contributed by atoms with Crippen molar-refractivity contribution in [1.82, 2.24) is 5.32 Å². The van der Waals surface area contributed by atoms with Crippen molar-refractivity contribution < 1.29 is 19.8 Å². The highest BCUT2D eigenvalue weighted by molar-refractivity contribution is 5.68. The van der Waals surface area contributed by atoms with Gasteiger partial charge in [0.25, 0.3) is 0 Å². The molecule has 154 valence electrons. The number of hydrogen-bond donors (Lipinski definition) is 3. The van der Waals surface area contributed by atoms with Crippen molar-refractivity contribution in [3.8, 4) is 0 Å². The van der Waals surface area contributed by atoms with Gasteiger partial charge in [0.1, 0.15) is 0 Å². The maximum absolute atomic E-state index is 10.3. The van der Waals surface area contributed by atoms with E-state index in [0.29, 0.717) is 6.42 Å². The molecule has 0 aromatic rings. The summed E-state index contributed by atoms with van der Waals surface area (Å²) in [7, 11) is 1.59. The smallest absolute Gasteiger partial charge is 0.317 e. The molecule has 0 bridgehead atoms. The Kier molecular flexibility index (Phi) is 24.4. The lowest BCUT2D eigenvalue weighted by atomic mass is 10.1. The molecule has 0 heterocycles. The van der Waals surface area contributed by atoms with Crippen LogP contribution in [0.4, 0.5) is 0 Å². The molecule has 0 fully saturated rings. The van der Waals surface area contributed by atoms with Crippen LogP contribution in [0.25, 0.3) is 0 Å². The van der Waals surface area contributed by atoms with Gasteiger partial charge in [0.15, 0.2) is 0 Å². The van der Waals surface area contributed by atoms with Gasteiger partial charge in [0, 0.05) is 6.42 Å². The highest BCUT2D eigenvalue weighted by Gasteiger charge is 1.95. The van der Waals surface area contributed by atoms with Gasteiger partial charge in [-0.1, -0.05) is 70.4 Å². The van der Waals surface area contributed by atoms with Crippen molar-refractivity contribution in [2.75, 3.05) is 13.6 Å². The van der Waals surface area contributed by atoms with Crippen molar-refractivity contribution in [2.45, 2.75) is 96.8 Å². The van der Waals surface area contributed by atoms with Gasteiger partial charge in [-0.05, 0) is 39.2 Å². The third kappa shape index (κ3) is 30.5. The Morgan fingerprint density at radius 3 is 1.58 bits per heavy atom. The van der Waals surface area contributed by atoms with Crippen LogP contribution in [0.1, 0.15) is 96.8 Å². The van der Waals surface area contributed by atoms with Gasteiger partial charge in [-0.25, -0.2) is 0 Å². The summed E-state index contributed by atoms with van der Waals surface area (Å²) in [5.41, 5.74) is 0. The van der Waals surface area contributed by atoms with Gasteiger partial charge < -0.3 is 15.5 Å². The minimum absolute atomic E-state index is 0.0417. The first-order chi connectivity index (χ1) is 12.5. The zero-order valence-corrected chi connectivity index (χ0v) is 17.0. The lowest BCUT2D eigenvalue weighted by Gasteiger charge is -1.99. The molecule has 0 spiro atoms. The molecule has 0 atom stereocenters. The predicted octanol–water partition coefficient (Wildman–Crippen LogP) is 5.40. The van der Waals surface area contributed by atoms with Crippen LogP contribution in [0.3, 0.4) is 0 Å². The molecule has 0 saturated carbocycles. The summed E-state index contributed by atoms with van der Waals surface area (Å²) in [5, 5.41) is 18.8. The molecule has 5 nitrogen and oxygen atoms in total. The lowest BCUT2D eigenvalue weighted by Crippen LogP contribution is -2.16. The zero-order chi connectivity index (χ0) is 19.9. The van der Waals surface area contributed by atoms with Crippen molar-refractivity contribution in [1.29, 1.82) is 0 Å². The summed E-state index contributed by atoms with van der Waals surface area (Å²) < 4.78 is 0. The first-order valence-electron chi connectivity index (χ1n) is 10.3. The van der Waals surface area contributed by atoms with Gasteiger partial charge in [-0.3, -0.25) is 9.59 Å². The summed E-state index contributed by atoms with van der Waals surface area (Å²) in [4.78, 5) is 19.9. The molecule has 26 heavy (non-hydrogen) atoms. The van der Waals surface area contributed by atoms with E-state index in [4.69, 9.17) is 10.2 Å². The fourth-order valence-electron chi connectivity index (χ4n) is 2.50. The van der Waals surface area contributed by atoms with Crippen LogP contribution in [0, 0.1) is 0 Å². The Morgan fingerprint density at radius 1 is 0.731 bits per heavy atom. The number of carboxylic acid groups (broad SMARTS) is 2. The van der Waals surface area contributed by atoms with E-state index in [2.05, 4.69) is 24.4 Å². The number of allylic oxidation sites excluding steroid dienone is 2. The van der Waals surface area contributed by atoms with Gasteiger partial charge in [-0.2, -0.15) is 0 Å². The first-order valence-corrected chi connectivity index (χ1v) is 10.3. The maximum Gasteiger partial charge on any atom is 0.317 e. The van der Waals surface area contributed by atoms with Crippen LogP contribution in [0.15, 0.2) is 12.2 Å². The monoisotopic (exact) mass is 371 g/mol. The second kappa shape index (κ2) is 23.6. The van der Waals surface area contributed by atoms with E-state index < -0.39 is 11.9 Å². The number of carboxylic acids is 2. The normalized spacial score (nSPS) is 10.5. The Bertz CT molecular complexity index is 343. The van der Waals surface area contributed by atoms with Crippen LogP contribution in [0.2, 0.25) is 0 Å². The number of carbonyl (C=O) groups is 2. The molecule has 3 N–H and O–H groups in total. The topological polar surface area (TPSA) is 86.6 Å². The van der Waals surface area contributed by atoms with Crippen molar-refractivity contribution in [2.24, 2.45) is 0 Å². The minimum Gasteiger partial charge on any atom is -0.481 e. The average molecular weight is 372 g/mol. The molecule has 0 aromatic heterocycles. The molecule has 0 aliphatic heterocycles. The van der Waals surface area contributed by atoms with Gasteiger partial charge in [0.05, 0.1) is 6.54 Å². The van der Waals surface area contributed by atoms with E-state index in [1.54, 1.807) is 7.05 Å². The average Bonchev–Trinajstić information content (AvgIpc) is 2.58. The van der Waals surface area contributed by atoms with Crippen LogP contribution in [0.5, 0.6) is 0 Å². The van der Waals surface area contributed by atoms with Gasteiger partial charge in [-0.15, -0.1) is 0 Å². The van der Waals surface area contributed by atoms with E-state index in [1.807, 2.05) is 0 Å². The predicted molar refractivity (Wildman–Crippen MR) is 109 cm³/mol. The number of rotatable bonds is 17. The maximum atomic E-state index is 10.3. The fourth-order valence-corrected chi connectivity index (χ4v) is 2.50.